The highest BCUT2D eigenvalue weighted by atomic mass is 16.6. The fourth-order valence-corrected chi connectivity index (χ4v) is 10.5. The SMILES string of the molecule is C=C(CC[C@@H](C)[C@H]1CC[C@@]2(C)C34O[C@]3(CC[C@]12C)[C@@]1(C)CC[C@H](O)[C@@H](C)C1C[C@@H]4O)C(C)C. The molecule has 11 atom stereocenters. The highest BCUT2D eigenvalue weighted by Crippen LogP contribution is 2.85. The maximum Gasteiger partial charge on any atom is 0.130 e. The summed E-state index contributed by atoms with van der Waals surface area (Å²) in [7, 11) is 0. The normalized spacial score (nSPS) is 55.9. The molecule has 0 aromatic heterocycles. The van der Waals surface area contributed by atoms with E-state index < -0.39 is 11.7 Å². The van der Waals surface area contributed by atoms with E-state index in [1.807, 2.05) is 0 Å². The maximum absolute atomic E-state index is 11.8. The van der Waals surface area contributed by atoms with E-state index in [0.717, 1.165) is 32.1 Å². The van der Waals surface area contributed by atoms with E-state index in [-0.39, 0.29) is 33.9 Å². The first-order chi connectivity index (χ1) is 15.3. The fraction of sp³-hybridized carbons (Fsp3) is 0.933. The molecule has 1 saturated heterocycles. The third kappa shape index (κ3) is 2.69. The van der Waals surface area contributed by atoms with E-state index >= 15 is 0 Å². The second kappa shape index (κ2) is 7.32. The molecule has 0 spiro atoms. The molecule has 5 aliphatic rings. The first-order valence-corrected chi connectivity index (χ1v) is 14.1. The van der Waals surface area contributed by atoms with Crippen LogP contribution in [-0.2, 0) is 4.74 Å². The van der Waals surface area contributed by atoms with E-state index in [1.54, 1.807) is 0 Å². The van der Waals surface area contributed by atoms with Gasteiger partial charge in [-0.1, -0.05) is 60.6 Å². The summed E-state index contributed by atoms with van der Waals surface area (Å²) in [6.07, 6.45) is 9.11. The third-order valence-electron chi connectivity index (χ3n) is 13.1. The van der Waals surface area contributed by atoms with Crippen LogP contribution in [0.4, 0.5) is 0 Å². The Bertz CT molecular complexity index is 821. The molecule has 0 radical (unpaired) electrons. The molecule has 5 fully saturated rings. The molecule has 0 bridgehead atoms. The number of aliphatic hydroxyl groups is 2. The van der Waals surface area contributed by atoms with Gasteiger partial charge in [0.25, 0.3) is 0 Å². The van der Waals surface area contributed by atoms with Crippen molar-refractivity contribution in [3.63, 3.8) is 0 Å². The highest BCUT2D eigenvalue weighted by molar-refractivity contribution is 5.39. The van der Waals surface area contributed by atoms with Crippen molar-refractivity contribution >= 4 is 0 Å². The van der Waals surface area contributed by atoms with Crippen LogP contribution >= 0.6 is 0 Å². The van der Waals surface area contributed by atoms with Crippen molar-refractivity contribution in [3.05, 3.63) is 12.2 Å². The smallest absolute Gasteiger partial charge is 0.130 e. The van der Waals surface area contributed by atoms with Crippen LogP contribution in [0.25, 0.3) is 0 Å². The summed E-state index contributed by atoms with van der Waals surface area (Å²) in [5.74, 6) is 2.51. The molecule has 4 saturated carbocycles. The zero-order chi connectivity index (χ0) is 24.2. The van der Waals surface area contributed by atoms with Crippen LogP contribution in [-0.4, -0.2) is 33.6 Å². The third-order valence-corrected chi connectivity index (χ3v) is 13.1. The van der Waals surface area contributed by atoms with Crippen LogP contribution < -0.4 is 0 Å². The molecule has 0 aromatic rings. The van der Waals surface area contributed by atoms with Crippen molar-refractivity contribution in [2.24, 2.45) is 45.8 Å². The summed E-state index contributed by atoms with van der Waals surface area (Å²) in [5.41, 5.74) is 1.07. The monoisotopic (exact) mass is 458 g/mol. The predicted molar refractivity (Wildman–Crippen MR) is 134 cm³/mol. The van der Waals surface area contributed by atoms with Crippen LogP contribution in [0.3, 0.4) is 0 Å². The molecular formula is C30H50O3. The highest BCUT2D eigenvalue weighted by Gasteiger charge is 2.92. The zero-order valence-electron chi connectivity index (χ0n) is 22.4. The van der Waals surface area contributed by atoms with Gasteiger partial charge in [0.2, 0.25) is 0 Å². The number of rotatable bonds is 5. The second-order valence-corrected chi connectivity index (χ2v) is 14.1. The zero-order valence-corrected chi connectivity index (χ0v) is 22.4. The Balaban J connectivity index is 1.45. The van der Waals surface area contributed by atoms with Crippen LogP contribution in [0.5, 0.6) is 0 Å². The maximum atomic E-state index is 11.8. The number of fused-ring (bicyclic) bond motifs is 2. The van der Waals surface area contributed by atoms with Crippen LogP contribution in [0.15, 0.2) is 12.2 Å². The minimum Gasteiger partial charge on any atom is -0.393 e. The molecule has 0 aromatic carbocycles. The Morgan fingerprint density at radius 1 is 1.00 bits per heavy atom. The molecule has 0 amide bonds. The van der Waals surface area contributed by atoms with E-state index in [9.17, 15) is 10.2 Å². The molecule has 188 valence electrons. The van der Waals surface area contributed by atoms with Crippen molar-refractivity contribution < 1.29 is 14.9 Å². The van der Waals surface area contributed by atoms with Gasteiger partial charge in [0.15, 0.2) is 0 Å². The van der Waals surface area contributed by atoms with Crippen molar-refractivity contribution in [1.29, 1.82) is 0 Å². The topological polar surface area (TPSA) is 53.0 Å². The Hall–Kier alpha value is -0.380. The lowest BCUT2D eigenvalue weighted by Crippen LogP contribution is -2.69. The Labute approximate surface area is 202 Å². The molecule has 2 unspecified atom stereocenters. The van der Waals surface area contributed by atoms with Gasteiger partial charge in [-0.2, -0.15) is 0 Å². The summed E-state index contributed by atoms with van der Waals surface area (Å²) >= 11 is 0. The number of epoxide rings is 1. The number of aliphatic hydroxyl groups excluding tert-OH is 2. The first-order valence-electron chi connectivity index (χ1n) is 14.1. The minimum absolute atomic E-state index is 0.0128. The van der Waals surface area contributed by atoms with Crippen molar-refractivity contribution in [1.82, 2.24) is 0 Å². The lowest BCUT2D eigenvalue weighted by molar-refractivity contribution is -0.162. The second-order valence-electron chi connectivity index (χ2n) is 14.1. The van der Waals surface area contributed by atoms with Gasteiger partial charge in [0, 0.05) is 10.8 Å². The van der Waals surface area contributed by atoms with Crippen molar-refractivity contribution in [2.75, 3.05) is 0 Å². The average molecular weight is 459 g/mol. The minimum atomic E-state index is -0.414. The molecule has 4 aliphatic carbocycles. The van der Waals surface area contributed by atoms with Gasteiger partial charge < -0.3 is 14.9 Å². The first kappa shape index (κ1) is 24.3. The quantitative estimate of drug-likeness (QED) is 0.364. The standard InChI is InChI=1S/C30H50O3/c1-18(2)19(3)9-10-20(4)22-11-14-28(8)26(22,6)15-16-29-27(7)13-12-24(31)21(5)23(27)17-25(32)30(28,29)33-29/h18,20-25,31-32H,3,9-17H2,1-2,4-8H3/t20-,21+,22-,23?,24+,25+,26-,27+,28-,29-,30?/m1/s1. The van der Waals surface area contributed by atoms with Gasteiger partial charge in [-0.05, 0) is 92.8 Å². The van der Waals surface area contributed by atoms with Crippen LogP contribution in [0, 0.1) is 45.8 Å². The van der Waals surface area contributed by atoms with Gasteiger partial charge in [-0.15, -0.1) is 0 Å². The Morgan fingerprint density at radius 3 is 2.36 bits per heavy atom. The van der Waals surface area contributed by atoms with Gasteiger partial charge in [0.05, 0.1) is 12.2 Å². The Kier molecular flexibility index (Phi) is 5.40. The van der Waals surface area contributed by atoms with E-state index in [0.29, 0.717) is 23.7 Å². The molecular weight excluding hydrogens is 408 g/mol. The van der Waals surface area contributed by atoms with Crippen LogP contribution in [0.1, 0.15) is 106 Å². The molecule has 3 heteroatoms. The summed E-state index contributed by atoms with van der Waals surface area (Å²) in [6, 6.07) is 0. The number of allylic oxidation sites excluding steroid dienone is 1. The van der Waals surface area contributed by atoms with E-state index in [1.165, 1.54) is 31.3 Å². The lowest BCUT2D eigenvalue weighted by Gasteiger charge is -2.63. The summed E-state index contributed by atoms with van der Waals surface area (Å²) in [5, 5.41) is 22.5. The van der Waals surface area contributed by atoms with Gasteiger partial charge in [0.1, 0.15) is 11.2 Å². The summed E-state index contributed by atoms with van der Waals surface area (Å²) < 4.78 is 7.08. The summed E-state index contributed by atoms with van der Waals surface area (Å²) in [6.45, 7) is 21.0. The van der Waals surface area contributed by atoms with Gasteiger partial charge in [-0.25, -0.2) is 0 Å². The van der Waals surface area contributed by atoms with Crippen LogP contribution in [0.2, 0.25) is 0 Å². The number of hydrogen-bond acceptors (Lipinski definition) is 3. The molecule has 1 aliphatic heterocycles. The molecule has 5 rings (SSSR count). The van der Waals surface area contributed by atoms with Crippen molar-refractivity contribution in [2.45, 2.75) is 130 Å². The number of hydrogen-bond donors (Lipinski definition) is 2. The fourth-order valence-electron chi connectivity index (χ4n) is 10.5. The predicted octanol–water partition coefficient (Wildman–Crippen LogP) is 6.52. The summed E-state index contributed by atoms with van der Waals surface area (Å²) in [4.78, 5) is 0. The average Bonchev–Trinajstić information content (AvgIpc) is 3.42. The molecule has 2 N–H and O–H groups in total. The van der Waals surface area contributed by atoms with E-state index in [4.69, 9.17) is 4.74 Å². The largest absolute Gasteiger partial charge is 0.393 e. The van der Waals surface area contributed by atoms with Gasteiger partial charge in [-0.3, -0.25) is 0 Å². The molecule has 1 heterocycles. The molecule has 3 nitrogen and oxygen atoms in total. The lowest BCUT2D eigenvalue weighted by atomic mass is 9.39. The Morgan fingerprint density at radius 2 is 1.70 bits per heavy atom. The molecule has 33 heavy (non-hydrogen) atoms. The van der Waals surface area contributed by atoms with E-state index in [2.05, 4.69) is 55.0 Å². The van der Waals surface area contributed by atoms with Gasteiger partial charge >= 0.3 is 0 Å². The number of ether oxygens (including phenoxy) is 1. The van der Waals surface area contributed by atoms with Crippen molar-refractivity contribution in [3.8, 4) is 0 Å².